The summed E-state index contributed by atoms with van der Waals surface area (Å²) >= 11 is 0. The van der Waals surface area contributed by atoms with Crippen LogP contribution in [0.4, 0.5) is 0 Å². The van der Waals surface area contributed by atoms with Crippen LogP contribution in [0.3, 0.4) is 0 Å². The van der Waals surface area contributed by atoms with E-state index in [0.717, 1.165) is 50.1 Å². The van der Waals surface area contributed by atoms with Crippen molar-refractivity contribution >= 4 is 11.8 Å². The van der Waals surface area contributed by atoms with Gasteiger partial charge in [0.1, 0.15) is 0 Å². The predicted octanol–water partition coefficient (Wildman–Crippen LogP) is 1.39. The van der Waals surface area contributed by atoms with Gasteiger partial charge in [0.25, 0.3) is 11.8 Å². The van der Waals surface area contributed by atoms with Crippen LogP contribution < -0.4 is 4.90 Å². The van der Waals surface area contributed by atoms with Crippen molar-refractivity contribution in [2.24, 2.45) is 0 Å². The van der Waals surface area contributed by atoms with Crippen molar-refractivity contribution in [2.75, 3.05) is 39.3 Å². The van der Waals surface area contributed by atoms with Gasteiger partial charge in [-0.05, 0) is 25.0 Å². The third-order valence-electron chi connectivity index (χ3n) is 5.92. The number of likely N-dealkylation sites (tertiary alicyclic amines) is 1. The van der Waals surface area contributed by atoms with Gasteiger partial charge in [0.2, 0.25) is 0 Å². The molecule has 28 heavy (non-hydrogen) atoms. The molecule has 0 bridgehead atoms. The van der Waals surface area contributed by atoms with Crippen LogP contribution in [0.1, 0.15) is 34.8 Å². The van der Waals surface area contributed by atoms with Gasteiger partial charge in [-0.25, -0.2) is 0 Å². The van der Waals surface area contributed by atoms with Crippen molar-refractivity contribution in [2.45, 2.75) is 18.9 Å². The largest absolute Gasteiger partial charge is 0.337 e. The van der Waals surface area contributed by atoms with Crippen LogP contribution in [0, 0.1) is 0 Å². The van der Waals surface area contributed by atoms with Crippen molar-refractivity contribution in [1.29, 1.82) is 0 Å². The van der Waals surface area contributed by atoms with E-state index < -0.39 is 0 Å². The van der Waals surface area contributed by atoms with Gasteiger partial charge in [0.15, 0.2) is 6.04 Å². The summed E-state index contributed by atoms with van der Waals surface area (Å²) in [6, 6.07) is 19.4. The summed E-state index contributed by atoms with van der Waals surface area (Å²) in [6.45, 7) is 4.68. The molecule has 0 unspecified atom stereocenters. The maximum absolute atomic E-state index is 13.3. The summed E-state index contributed by atoms with van der Waals surface area (Å²) in [5, 5.41) is 0. The molecule has 5 heteroatoms. The molecule has 0 radical (unpaired) electrons. The van der Waals surface area contributed by atoms with Gasteiger partial charge in [-0.3, -0.25) is 9.59 Å². The van der Waals surface area contributed by atoms with E-state index in [2.05, 4.69) is 12.1 Å². The van der Waals surface area contributed by atoms with Crippen molar-refractivity contribution in [1.82, 2.24) is 9.80 Å². The number of carbonyl (C=O) groups excluding carboxylic acids is 2. The number of hydrogen-bond donors (Lipinski definition) is 1. The van der Waals surface area contributed by atoms with Gasteiger partial charge >= 0.3 is 0 Å². The lowest BCUT2D eigenvalue weighted by Gasteiger charge is -2.37. The van der Waals surface area contributed by atoms with Gasteiger partial charge in [-0.2, -0.15) is 0 Å². The fourth-order valence-electron chi connectivity index (χ4n) is 4.37. The van der Waals surface area contributed by atoms with E-state index in [0.29, 0.717) is 13.1 Å². The topological polar surface area (TPSA) is 45.1 Å². The number of piperazine rings is 1. The molecule has 0 spiro atoms. The van der Waals surface area contributed by atoms with E-state index in [9.17, 15) is 9.59 Å². The molecule has 4 rings (SSSR count). The van der Waals surface area contributed by atoms with Crippen molar-refractivity contribution in [3.8, 4) is 0 Å². The van der Waals surface area contributed by atoms with Gasteiger partial charge in [0, 0.05) is 24.2 Å². The van der Waals surface area contributed by atoms with Crippen LogP contribution in [-0.4, -0.2) is 60.9 Å². The molecule has 2 aliphatic rings. The van der Waals surface area contributed by atoms with E-state index in [-0.39, 0.29) is 17.9 Å². The second-order valence-corrected chi connectivity index (χ2v) is 7.69. The quantitative estimate of drug-likeness (QED) is 0.874. The van der Waals surface area contributed by atoms with Crippen molar-refractivity contribution in [3.63, 3.8) is 0 Å². The Labute approximate surface area is 166 Å². The summed E-state index contributed by atoms with van der Waals surface area (Å²) < 4.78 is 0. The molecule has 2 aromatic rings. The molecule has 5 nitrogen and oxygen atoms in total. The smallest absolute Gasteiger partial charge is 0.285 e. The highest BCUT2D eigenvalue weighted by Crippen LogP contribution is 2.17. The Bertz CT molecular complexity index is 795. The van der Waals surface area contributed by atoms with Gasteiger partial charge in [0.05, 0.1) is 26.2 Å². The van der Waals surface area contributed by atoms with Crippen LogP contribution in [0.5, 0.6) is 0 Å². The van der Waals surface area contributed by atoms with Gasteiger partial charge in [-0.15, -0.1) is 0 Å². The first kappa shape index (κ1) is 18.7. The monoisotopic (exact) mass is 378 g/mol. The summed E-state index contributed by atoms with van der Waals surface area (Å²) in [7, 11) is 0. The zero-order valence-electron chi connectivity index (χ0n) is 16.2. The van der Waals surface area contributed by atoms with E-state index in [4.69, 9.17) is 0 Å². The molecule has 0 aliphatic carbocycles. The second kappa shape index (κ2) is 8.57. The third-order valence-corrected chi connectivity index (χ3v) is 5.92. The molecule has 2 heterocycles. The number of hydrogen-bond acceptors (Lipinski definition) is 2. The molecule has 146 valence electrons. The lowest BCUT2D eigenvalue weighted by atomic mass is 10.0. The van der Waals surface area contributed by atoms with Crippen LogP contribution in [0.15, 0.2) is 60.7 Å². The molecular weight excluding hydrogens is 350 g/mol. The minimum atomic E-state index is -0.173. The Kier molecular flexibility index (Phi) is 5.72. The Morgan fingerprint density at radius 2 is 1.32 bits per heavy atom. The summed E-state index contributed by atoms with van der Waals surface area (Å²) in [5.74, 6) is 0.323. The van der Waals surface area contributed by atoms with Gasteiger partial charge in [-0.1, -0.05) is 48.5 Å². The highest BCUT2D eigenvalue weighted by Gasteiger charge is 2.38. The van der Waals surface area contributed by atoms with Crippen LogP contribution in [0.2, 0.25) is 0 Å². The Morgan fingerprint density at radius 1 is 0.750 bits per heavy atom. The number of amides is 2. The lowest BCUT2D eigenvalue weighted by molar-refractivity contribution is -0.926. The van der Waals surface area contributed by atoms with Crippen LogP contribution in [0.25, 0.3) is 0 Å². The molecule has 2 aromatic carbocycles. The van der Waals surface area contributed by atoms with E-state index in [1.54, 1.807) is 0 Å². The van der Waals surface area contributed by atoms with E-state index in [1.807, 2.05) is 58.3 Å². The van der Waals surface area contributed by atoms with Crippen LogP contribution in [-0.2, 0) is 4.79 Å². The number of quaternary nitrogens is 1. The Hall–Kier alpha value is -2.66. The molecule has 1 atom stereocenters. The normalized spacial score (nSPS) is 18.9. The predicted molar refractivity (Wildman–Crippen MR) is 108 cm³/mol. The lowest BCUT2D eigenvalue weighted by Crippen LogP contribution is -3.16. The number of nitrogens with one attached hydrogen (secondary N) is 1. The molecule has 1 N–H and O–H groups in total. The number of benzene rings is 2. The SMILES string of the molecule is O=C(c1ccccc1)N1CC[NH+]([C@@H](C(=O)N2CCCC2)c2ccccc2)CC1. The van der Waals surface area contributed by atoms with E-state index >= 15 is 0 Å². The zero-order chi connectivity index (χ0) is 19.3. The summed E-state index contributed by atoms with van der Waals surface area (Å²) in [5.41, 5.74) is 1.82. The number of carbonyl (C=O) groups is 2. The highest BCUT2D eigenvalue weighted by atomic mass is 16.2. The Morgan fingerprint density at radius 3 is 1.93 bits per heavy atom. The average molecular weight is 378 g/mol. The minimum Gasteiger partial charge on any atom is -0.337 e. The maximum atomic E-state index is 13.3. The van der Waals surface area contributed by atoms with E-state index in [1.165, 1.54) is 4.90 Å². The first-order chi connectivity index (χ1) is 13.7. The zero-order valence-corrected chi connectivity index (χ0v) is 16.2. The standard InChI is InChI=1S/C23H27N3O2/c27-22(20-11-5-2-6-12-20)26-17-15-24(16-18-26)21(19-9-3-1-4-10-19)23(28)25-13-7-8-14-25/h1-6,9-12,21H,7-8,13-18H2/p+1/t21-/m1/s1. The summed E-state index contributed by atoms with van der Waals surface area (Å²) in [6.07, 6.45) is 2.20. The molecule has 2 amide bonds. The fraction of sp³-hybridized carbons (Fsp3) is 0.391. The third kappa shape index (κ3) is 3.94. The number of rotatable bonds is 4. The average Bonchev–Trinajstić information content (AvgIpc) is 3.30. The first-order valence-electron chi connectivity index (χ1n) is 10.3. The maximum Gasteiger partial charge on any atom is 0.285 e. The minimum absolute atomic E-state index is 0.0850. The first-order valence-corrected chi connectivity index (χ1v) is 10.3. The fourth-order valence-corrected chi connectivity index (χ4v) is 4.37. The molecule has 0 aromatic heterocycles. The van der Waals surface area contributed by atoms with Crippen LogP contribution >= 0.6 is 0 Å². The molecular formula is C23H28N3O2+. The van der Waals surface area contributed by atoms with Gasteiger partial charge < -0.3 is 14.7 Å². The highest BCUT2D eigenvalue weighted by molar-refractivity contribution is 5.94. The second-order valence-electron chi connectivity index (χ2n) is 7.69. The number of nitrogens with zero attached hydrogens (tertiary/aromatic N) is 2. The molecule has 0 saturated carbocycles. The Balaban J connectivity index is 1.48. The summed E-state index contributed by atoms with van der Waals surface area (Å²) in [4.78, 5) is 31.2. The van der Waals surface area contributed by atoms with Crippen molar-refractivity contribution < 1.29 is 14.5 Å². The molecule has 2 aliphatic heterocycles. The van der Waals surface area contributed by atoms with Crippen molar-refractivity contribution in [3.05, 3.63) is 71.8 Å². The molecule has 2 fully saturated rings. The molecule has 2 saturated heterocycles.